The lowest BCUT2D eigenvalue weighted by atomic mass is 9.36. The summed E-state index contributed by atoms with van der Waals surface area (Å²) in [4.78, 5) is 135. The lowest BCUT2D eigenvalue weighted by Gasteiger charge is -2.65. The van der Waals surface area contributed by atoms with E-state index in [2.05, 4.69) is 0 Å². The third-order valence-electron chi connectivity index (χ3n) is 18.0. The number of hydrogen-bond acceptors (Lipinski definition) is 9. The summed E-state index contributed by atoms with van der Waals surface area (Å²) in [7, 11) is 0. The van der Waals surface area contributed by atoms with Crippen LogP contribution in [0.3, 0.4) is 0 Å². The van der Waals surface area contributed by atoms with Crippen molar-refractivity contribution in [1.82, 2.24) is 0 Å². The Kier molecular flexibility index (Phi) is 16.3. The van der Waals surface area contributed by atoms with Gasteiger partial charge in [0.25, 0.3) is 11.2 Å². The molecule has 0 N–H and O–H groups in total. The van der Waals surface area contributed by atoms with Gasteiger partial charge in [0.1, 0.15) is 10.8 Å². The molecule has 400 valence electrons. The van der Waals surface area contributed by atoms with Gasteiger partial charge in [0, 0.05) is 11.1 Å². The van der Waals surface area contributed by atoms with Gasteiger partial charge >= 0.3 is 0 Å². The highest BCUT2D eigenvalue weighted by molar-refractivity contribution is 6.48. The fourth-order valence-electron chi connectivity index (χ4n) is 13.2. The quantitative estimate of drug-likeness (QED) is 0.0809. The van der Waals surface area contributed by atoms with E-state index in [9.17, 15) is 0 Å². The first-order chi connectivity index (χ1) is 34.9. The minimum atomic E-state index is -3.48. The van der Waals surface area contributed by atoms with Crippen LogP contribution >= 0.6 is 0 Å². The smallest absolute Gasteiger partial charge is 0.251 e. The number of Topliss-reactive ketones (excluding diaryl/α,β-unsaturated/α-hetero) is 8. The van der Waals surface area contributed by atoms with Crippen molar-refractivity contribution >= 4 is 46.3 Å². The molecule has 4 saturated carbocycles. The highest BCUT2D eigenvalue weighted by Gasteiger charge is 2.86. The van der Waals surface area contributed by atoms with Gasteiger partial charge in [-0.1, -0.05) is 158 Å². The number of allylic oxidation sites excluding steroid dienone is 12. The van der Waals surface area contributed by atoms with Gasteiger partial charge in [-0.05, 0) is 157 Å². The molecule has 75 heavy (non-hydrogen) atoms. The number of ether oxygens (including phenoxy) is 1. The summed E-state index contributed by atoms with van der Waals surface area (Å²) in [5.74, 6) is -9.62. The number of carbonyl (C=O) groups is 8. The Balaban J connectivity index is 1.92. The molecule has 0 radical (unpaired) electrons. The Morgan fingerprint density at radius 3 is 0.973 bits per heavy atom. The molecule has 9 heteroatoms. The molecule has 4 aliphatic rings. The second-order valence-corrected chi connectivity index (χ2v) is 25.0. The molecule has 8 atom stereocenters. The molecule has 0 spiro atoms. The van der Waals surface area contributed by atoms with Crippen LogP contribution in [0.4, 0.5) is 0 Å². The van der Waals surface area contributed by atoms with Gasteiger partial charge < -0.3 is 4.74 Å². The van der Waals surface area contributed by atoms with Crippen molar-refractivity contribution in [3.63, 3.8) is 0 Å². The fourth-order valence-corrected chi connectivity index (χ4v) is 13.2. The van der Waals surface area contributed by atoms with Crippen molar-refractivity contribution in [2.24, 2.45) is 44.3 Å². The molecular formula is C66H82O9. The Labute approximate surface area is 446 Å². The molecule has 6 rings (SSSR count). The third kappa shape index (κ3) is 9.00. The first-order valence-electron chi connectivity index (χ1n) is 26.9. The largest absolute Gasteiger partial charge is 0.322 e. The van der Waals surface area contributed by atoms with Crippen molar-refractivity contribution < 1.29 is 43.1 Å². The van der Waals surface area contributed by atoms with Crippen LogP contribution in [0.5, 0.6) is 0 Å². The molecule has 6 unspecified atom stereocenters. The summed E-state index contributed by atoms with van der Waals surface area (Å²) in [5.41, 5.74) is -13.7. The minimum Gasteiger partial charge on any atom is -0.322 e. The van der Waals surface area contributed by atoms with Gasteiger partial charge in [-0.25, -0.2) is 0 Å². The second kappa shape index (κ2) is 21.0. The summed E-state index contributed by atoms with van der Waals surface area (Å²) >= 11 is 0. The Morgan fingerprint density at radius 1 is 0.413 bits per heavy atom. The van der Waals surface area contributed by atoms with E-state index in [0.717, 1.165) is 33.4 Å². The predicted molar refractivity (Wildman–Crippen MR) is 296 cm³/mol. The summed E-state index contributed by atoms with van der Waals surface area (Å²) in [6.07, 6.45) is 10.7. The average molecular weight is 1020 g/mol. The fraction of sp³-hybridized carbons (Fsp3) is 0.515. The SMILES string of the molecule is CC(C)=CC[C@@H]1CC2(CC=C(C)C)C(=O)C(OC3(C(=O)c4ccccc4)C(=O)C4(CC=C(C)C)C[C@@H](CC=C(C)C)C(C)(C)C(CC=C(C)C)(C4=O)C3=O)(C(=O)c3ccccc3)C(=O)C(CC=C(C)C)(C2=O)C1(C)C. The van der Waals surface area contributed by atoms with Crippen LogP contribution in [-0.2, 0) is 33.5 Å². The maximum absolute atomic E-state index is 17.4. The normalized spacial score (nSPS) is 30.4. The van der Waals surface area contributed by atoms with Crippen LogP contribution in [0.1, 0.15) is 183 Å². The van der Waals surface area contributed by atoms with Gasteiger partial charge in [-0.15, -0.1) is 0 Å². The third-order valence-corrected chi connectivity index (χ3v) is 18.0. The van der Waals surface area contributed by atoms with E-state index in [1.165, 1.54) is 24.3 Å². The molecule has 2 aromatic carbocycles. The van der Waals surface area contributed by atoms with E-state index >= 15 is 38.4 Å². The molecule has 0 aliphatic heterocycles. The van der Waals surface area contributed by atoms with Gasteiger partial charge in [0.2, 0.25) is 11.6 Å². The predicted octanol–water partition coefficient (Wildman–Crippen LogP) is 13.9. The topological polar surface area (TPSA) is 146 Å². The molecule has 2 aromatic rings. The first kappa shape index (κ1) is 58.5. The number of hydrogen-bond donors (Lipinski definition) is 0. The van der Waals surface area contributed by atoms with Gasteiger partial charge in [0.15, 0.2) is 34.7 Å². The van der Waals surface area contributed by atoms with Crippen molar-refractivity contribution in [2.75, 3.05) is 0 Å². The number of benzene rings is 2. The van der Waals surface area contributed by atoms with Crippen molar-refractivity contribution in [2.45, 2.75) is 173 Å². The highest BCUT2D eigenvalue weighted by atomic mass is 16.6. The molecule has 0 aromatic heterocycles. The number of rotatable bonds is 18. The zero-order valence-electron chi connectivity index (χ0n) is 47.7. The van der Waals surface area contributed by atoms with Crippen LogP contribution < -0.4 is 0 Å². The van der Waals surface area contributed by atoms with Gasteiger partial charge in [-0.2, -0.15) is 0 Å². The summed E-state index contributed by atoms with van der Waals surface area (Å²) in [5, 5.41) is 0. The molecule has 9 nitrogen and oxygen atoms in total. The van der Waals surface area contributed by atoms with Crippen LogP contribution in [0.25, 0.3) is 0 Å². The number of carbonyl (C=O) groups excluding carboxylic acids is 8. The Morgan fingerprint density at radius 2 is 0.693 bits per heavy atom. The van der Waals surface area contributed by atoms with E-state index in [0.29, 0.717) is 12.8 Å². The summed E-state index contributed by atoms with van der Waals surface area (Å²) < 4.78 is 7.43. The maximum Gasteiger partial charge on any atom is 0.251 e. The van der Waals surface area contributed by atoms with E-state index in [1.807, 2.05) is 123 Å². The molecular weight excluding hydrogens is 937 g/mol. The Hall–Kier alpha value is -5.80. The zero-order chi connectivity index (χ0) is 56.1. The zero-order valence-corrected chi connectivity index (χ0v) is 47.7. The van der Waals surface area contributed by atoms with E-state index in [1.54, 1.807) is 60.7 Å². The standard InChI is InChI=1S/C66H82O9/c1-41(2)27-29-49-39-61(35-31-43(5)6)53(69)63(59(49,13)14,37-33-45(9)10)57(73)65(55(61)71,51(67)47-23-19-17-20-24-47)75-66(52(68)48-25-21-18-22-26-48)56(72)62(36-32-44(7)8)40-50(30-28-42(3)4)60(15,16)64(54(62)70,58(66)74)38-34-46(11)12/h17-28,31-34,49-50H,29-30,35-40H2,1-16H3/t49-,50-,61?,62?,63?,64?,65?,66?/m1/s1. The second-order valence-electron chi connectivity index (χ2n) is 25.0. The lowest BCUT2D eigenvalue weighted by molar-refractivity contribution is -0.217. The van der Waals surface area contributed by atoms with E-state index in [4.69, 9.17) is 4.74 Å². The molecule has 4 aliphatic carbocycles. The highest BCUT2D eigenvalue weighted by Crippen LogP contribution is 2.70. The van der Waals surface area contributed by atoms with Crippen LogP contribution in [0.15, 0.2) is 131 Å². The van der Waals surface area contributed by atoms with Crippen LogP contribution in [-0.4, -0.2) is 57.5 Å². The van der Waals surface area contributed by atoms with Gasteiger partial charge in [0.05, 0.1) is 10.8 Å². The minimum absolute atomic E-state index is 0.115. The summed E-state index contributed by atoms with van der Waals surface area (Å²) in [6, 6.07) is 15.3. The molecule has 0 amide bonds. The summed E-state index contributed by atoms with van der Waals surface area (Å²) in [6.45, 7) is 29.8. The molecule has 4 fully saturated rings. The molecule has 0 saturated heterocycles. The van der Waals surface area contributed by atoms with Crippen molar-refractivity contribution in [3.8, 4) is 0 Å². The van der Waals surface area contributed by atoms with E-state index in [-0.39, 0.29) is 49.7 Å². The van der Waals surface area contributed by atoms with Gasteiger partial charge in [-0.3, -0.25) is 38.4 Å². The van der Waals surface area contributed by atoms with Crippen molar-refractivity contribution in [1.29, 1.82) is 0 Å². The monoisotopic (exact) mass is 1020 g/mol. The Bertz CT molecular complexity index is 2680. The number of fused-ring (bicyclic) bond motifs is 4. The molecule has 0 heterocycles. The van der Waals surface area contributed by atoms with Crippen LogP contribution in [0, 0.1) is 44.3 Å². The maximum atomic E-state index is 17.4. The van der Waals surface area contributed by atoms with E-state index < -0.39 is 102 Å². The first-order valence-corrected chi connectivity index (χ1v) is 26.9. The molecule has 4 bridgehead atoms. The average Bonchev–Trinajstić information content (AvgIpc) is 3.34. The van der Waals surface area contributed by atoms with Crippen LogP contribution in [0.2, 0.25) is 0 Å². The van der Waals surface area contributed by atoms with Crippen molar-refractivity contribution in [3.05, 3.63) is 142 Å². The lowest BCUT2D eigenvalue weighted by Crippen LogP contribution is -2.84. The number of ketones is 8.